The summed E-state index contributed by atoms with van der Waals surface area (Å²) in [5.41, 5.74) is 0. The highest BCUT2D eigenvalue weighted by atomic mass is 16.3. The van der Waals surface area contributed by atoms with E-state index in [0.29, 0.717) is 25.7 Å². The van der Waals surface area contributed by atoms with Gasteiger partial charge in [0, 0.05) is 13.0 Å². The summed E-state index contributed by atoms with van der Waals surface area (Å²) >= 11 is 0. The number of nitrogens with one attached hydrogen (secondary N) is 1. The average Bonchev–Trinajstić information content (AvgIpc) is 2.65. The Bertz CT molecular complexity index is 469. The van der Waals surface area contributed by atoms with Gasteiger partial charge in [0.1, 0.15) is 0 Å². The fourth-order valence-corrected chi connectivity index (χ4v) is 2.31. The number of rotatable bonds is 16. The van der Waals surface area contributed by atoms with Crippen molar-refractivity contribution in [2.24, 2.45) is 0 Å². The van der Waals surface area contributed by atoms with Crippen molar-refractivity contribution >= 4 is 5.91 Å². The van der Waals surface area contributed by atoms with Crippen molar-refractivity contribution in [1.29, 1.82) is 0 Å². The van der Waals surface area contributed by atoms with Crippen LogP contribution in [0.4, 0.5) is 0 Å². The molecule has 0 saturated heterocycles. The van der Waals surface area contributed by atoms with E-state index in [4.69, 9.17) is 5.11 Å². The monoisotopic (exact) mass is 379 g/mol. The SMILES string of the molecule is CCCCC/C=C\CC(O)/C=C/C=C/C=C\C(O)CCCC(=O)NCCO. The zero-order valence-electron chi connectivity index (χ0n) is 16.6. The summed E-state index contributed by atoms with van der Waals surface area (Å²) in [5.74, 6) is -0.111. The lowest BCUT2D eigenvalue weighted by molar-refractivity contribution is -0.121. The minimum atomic E-state index is -0.590. The number of allylic oxidation sites excluding steroid dienone is 5. The largest absolute Gasteiger partial charge is 0.395 e. The Morgan fingerprint density at radius 2 is 1.67 bits per heavy atom. The highest BCUT2D eigenvalue weighted by Crippen LogP contribution is 2.03. The molecule has 0 bridgehead atoms. The van der Waals surface area contributed by atoms with Crippen LogP contribution in [-0.4, -0.2) is 46.6 Å². The molecule has 0 aromatic carbocycles. The molecule has 154 valence electrons. The van der Waals surface area contributed by atoms with E-state index in [-0.39, 0.29) is 19.1 Å². The van der Waals surface area contributed by atoms with Gasteiger partial charge < -0.3 is 20.6 Å². The van der Waals surface area contributed by atoms with Crippen LogP contribution in [-0.2, 0) is 4.79 Å². The molecule has 0 fully saturated rings. The standard InChI is InChI=1S/C22H37NO4/c1-2-3-4-5-6-9-13-20(25)14-10-7-8-11-15-21(26)16-12-17-22(27)23-18-19-24/h6-11,14-15,20-21,24-26H,2-5,12-13,16-19H2,1H3,(H,23,27)/b8-7+,9-6-,14-10+,15-11-. The summed E-state index contributed by atoms with van der Waals surface area (Å²) in [4.78, 5) is 11.3. The first-order valence-corrected chi connectivity index (χ1v) is 10.0. The van der Waals surface area contributed by atoms with Crippen LogP contribution >= 0.6 is 0 Å². The van der Waals surface area contributed by atoms with Crippen LogP contribution in [0.5, 0.6) is 0 Å². The lowest BCUT2D eigenvalue weighted by atomic mass is 10.1. The van der Waals surface area contributed by atoms with Gasteiger partial charge in [0.05, 0.1) is 18.8 Å². The van der Waals surface area contributed by atoms with Gasteiger partial charge in [-0.25, -0.2) is 0 Å². The van der Waals surface area contributed by atoms with Crippen molar-refractivity contribution in [1.82, 2.24) is 5.32 Å². The molecule has 2 unspecified atom stereocenters. The van der Waals surface area contributed by atoms with Crippen molar-refractivity contribution in [2.75, 3.05) is 13.2 Å². The van der Waals surface area contributed by atoms with E-state index in [9.17, 15) is 15.0 Å². The van der Waals surface area contributed by atoms with Crippen LogP contribution in [0.25, 0.3) is 0 Å². The van der Waals surface area contributed by atoms with Gasteiger partial charge >= 0.3 is 0 Å². The highest BCUT2D eigenvalue weighted by molar-refractivity contribution is 5.75. The molecule has 0 heterocycles. The Labute approximate surface area is 164 Å². The first-order valence-electron chi connectivity index (χ1n) is 10.0. The lowest BCUT2D eigenvalue weighted by Gasteiger charge is -2.05. The van der Waals surface area contributed by atoms with Crippen LogP contribution in [0.1, 0.15) is 58.3 Å². The molecule has 27 heavy (non-hydrogen) atoms. The number of aliphatic hydroxyl groups excluding tert-OH is 3. The molecule has 1 amide bonds. The van der Waals surface area contributed by atoms with Crippen molar-refractivity contribution in [3.8, 4) is 0 Å². The summed E-state index contributed by atoms with van der Waals surface area (Å²) < 4.78 is 0. The lowest BCUT2D eigenvalue weighted by Crippen LogP contribution is -2.26. The molecule has 0 aromatic rings. The number of hydrogen-bond acceptors (Lipinski definition) is 4. The number of hydrogen-bond donors (Lipinski definition) is 4. The van der Waals surface area contributed by atoms with Crippen molar-refractivity contribution in [3.63, 3.8) is 0 Å². The van der Waals surface area contributed by atoms with E-state index >= 15 is 0 Å². The van der Waals surface area contributed by atoms with Gasteiger partial charge in [-0.2, -0.15) is 0 Å². The first kappa shape index (κ1) is 25.3. The molecule has 5 heteroatoms. The molecule has 4 N–H and O–H groups in total. The van der Waals surface area contributed by atoms with Gasteiger partial charge in [0.15, 0.2) is 0 Å². The van der Waals surface area contributed by atoms with Crippen molar-refractivity contribution < 1.29 is 20.1 Å². The molecule has 0 saturated carbocycles. The van der Waals surface area contributed by atoms with Gasteiger partial charge in [-0.1, -0.05) is 68.4 Å². The second-order valence-electron chi connectivity index (χ2n) is 6.46. The van der Waals surface area contributed by atoms with Crippen LogP contribution < -0.4 is 5.32 Å². The molecule has 0 aliphatic heterocycles. The maximum Gasteiger partial charge on any atom is 0.220 e. The summed E-state index contributed by atoms with van der Waals surface area (Å²) in [7, 11) is 0. The van der Waals surface area contributed by atoms with E-state index in [1.165, 1.54) is 19.3 Å². The topological polar surface area (TPSA) is 89.8 Å². The van der Waals surface area contributed by atoms with Crippen molar-refractivity contribution in [3.05, 3.63) is 48.6 Å². The zero-order valence-corrected chi connectivity index (χ0v) is 16.6. The normalized spacial score (nSPS) is 14.7. The summed E-state index contributed by atoms with van der Waals surface area (Å²) in [5, 5.41) is 30.8. The molecule has 5 nitrogen and oxygen atoms in total. The molecule has 2 atom stereocenters. The maximum atomic E-state index is 11.3. The second kappa shape index (κ2) is 19.1. The third-order valence-electron chi connectivity index (χ3n) is 3.86. The highest BCUT2D eigenvalue weighted by Gasteiger charge is 2.03. The Morgan fingerprint density at radius 1 is 0.963 bits per heavy atom. The van der Waals surface area contributed by atoms with Gasteiger partial charge in [-0.15, -0.1) is 0 Å². The number of aliphatic hydroxyl groups is 3. The van der Waals surface area contributed by atoms with E-state index < -0.39 is 12.2 Å². The molecule has 0 aromatic heterocycles. The molecule has 0 rings (SSSR count). The third-order valence-corrected chi connectivity index (χ3v) is 3.86. The summed E-state index contributed by atoms with van der Waals surface area (Å²) in [6, 6.07) is 0. The predicted molar refractivity (Wildman–Crippen MR) is 111 cm³/mol. The maximum absolute atomic E-state index is 11.3. The summed E-state index contributed by atoms with van der Waals surface area (Å²) in [6.07, 6.45) is 20.4. The van der Waals surface area contributed by atoms with E-state index in [0.717, 1.165) is 6.42 Å². The van der Waals surface area contributed by atoms with Crippen LogP contribution in [0.2, 0.25) is 0 Å². The van der Waals surface area contributed by atoms with Crippen LogP contribution in [0.15, 0.2) is 48.6 Å². The van der Waals surface area contributed by atoms with Crippen LogP contribution in [0, 0.1) is 0 Å². The van der Waals surface area contributed by atoms with Crippen LogP contribution in [0.3, 0.4) is 0 Å². The Morgan fingerprint density at radius 3 is 2.33 bits per heavy atom. The van der Waals surface area contributed by atoms with E-state index in [1.54, 1.807) is 36.5 Å². The van der Waals surface area contributed by atoms with Gasteiger partial charge in [0.25, 0.3) is 0 Å². The zero-order chi connectivity index (χ0) is 20.2. The first-order chi connectivity index (χ1) is 13.1. The molecule has 0 aliphatic carbocycles. The number of unbranched alkanes of at least 4 members (excludes halogenated alkanes) is 3. The number of carbonyl (C=O) groups is 1. The fourth-order valence-electron chi connectivity index (χ4n) is 2.31. The minimum Gasteiger partial charge on any atom is -0.395 e. The average molecular weight is 380 g/mol. The second-order valence-corrected chi connectivity index (χ2v) is 6.46. The Balaban J connectivity index is 3.82. The third kappa shape index (κ3) is 18.9. The van der Waals surface area contributed by atoms with E-state index in [2.05, 4.69) is 18.3 Å². The Hall–Kier alpha value is -1.69. The molecule has 0 spiro atoms. The quantitative estimate of drug-likeness (QED) is 0.188. The van der Waals surface area contributed by atoms with E-state index in [1.807, 2.05) is 6.08 Å². The molecular weight excluding hydrogens is 342 g/mol. The smallest absolute Gasteiger partial charge is 0.220 e. The molecule has 0 aliphatic rings. The van der Waals surface area contributed by atoms with Crippen molar-refractivity contribution in [2.45, 2.75) is 70.5 Å². The van der Waals surface area contributed by atoms with Gasteiger partial charge in [0.2, 0.25) is 5.91 Å². The van der Waals surface area contributed by atoms with Gasteiger partial charge in [-0.3, -0.25) is 4.79 Å². The molecular formula is C22H37NO4. The Kier molecular flexibility index (Phi) is 17.9. The fraction of sp³-hybridized carbons (Fsp3) is 0.591. The minimum absolute atomic E-state index is 0.0648. The number of amides is 1. The molecule has 0 radical (unpaired) electrons. The predicted octanol–water partition coefficient (Wildman–Crippen LogP) is 3.18. The summed E-state index contributed by atoms with van der Waals surface area (Å²) in [6.45, 7) is 2.39. The van der Waals surface area contributed by atoms with Gasteiger partial charge in [-0.05, 0) is 32.1 Å². The number of carbonyl (C=O) groups excluding carboxylic acids is 1.